The van der Waals surface area contributed by atoms with Gasteiger partial charge in [0.05, 0.1) is 10.8 Å². The Morgan fingerprint density at radius 1 is 0.944 bits per heavy atom. The van der Waals surface area contributed by atoms with Gasteiger partial charge >= 0.3 is 17.9 Å². The highest BCUT2D eigenvalue weighted by Gasteiger charge is 2.75. The van der Waals surface area contributed by atoms with E-state index in [4.69, 9.17) is 18.8 Å². The quantitative estimate of drug-likeness (QED) is 0.271. The van der Waals surface area contributed by atoms with Crippen LogP contribution >= 0.6 is 0 Å². The third-order valence-electron chi connectivity index (χ3n) is 10.0. The molecule has 0 aromatic heterocycles. The molecule has 0 radical (unpaired) electrons. The smallest absolute Gasteiger partial charge is 0.329 e. The lowest BCUT2D eigenvalue weighted by Crippen LogP contribution is -2.50. The molecular formula is C26H28O9S. The van der Waals surface area contributed by atoms with E-state index in [0.717, 1.165) is 49.7 Å². The van der Waals surface area contributed by atoms with Crippen LogP contribution in [0, 0.1) is 46.8 Å². The molecule has 1 aliphatic heterocycles. The molecule has 6 saturated carbocycles. The summed E-state index contributed by atoms with van der Waals surface area (Å²) in [5, 5.41) is 0. The average Bonchev–Trinajstić information content (AvgIpc) is 3.41. The number of rotatable bonds is 5. The summed E-state index contributed by atoms with van der Waals surface area (Å²) in [4.78, 5) is 39.2. The molecule has 192 valence electrons. The van der Waals surface area contributed by atoms with Crippen molar-refractivity contribution in [3.63, 3.8) is 0 Å². The van der Waals surface area contributed by atoms with Gasteiger partial charge in [0, 0.05) is 11.8 Å². The maximum absolute atomic E-state index is 13.4. The number of hydrogen-bond acceptors (Lipinski definition) is 8. The van der Waals surface area contributed by atoms with Crippen LogP contribution in [0.1, 0.15) is 44.9 Å². The van der Waals surface area contributed by atoms with Gasteiger partial charge in [0.1, 0.15) is 18.0 Å². The lowest BCUT2D eigenvalue weighted by atomic mass is 9.52. The van der Waals surface area contributed by atoms with Gasteiger partial charge in [-0.2, -0.15) is 8.42 Å². The van der Waals surface area contributed by atoms with Gasteiger partial charge in [-0.25, -0.2) is 0 Å². The lowest BCUT2D eigenvalue weighted by Gasteiger charge is -2.53. The molecule has 36 heavy (non-hydrogen) atoms. The lowest BCUT2D eigenvalue weighted by molar-refractivity contribution is -0.177. The third kappa shape index (κ3) is 3.16. The first kappa shape index (κ1) is 22.7. The fourth-order valence-electron chi connectivity index (χ4n) is 8.83. The van der Waals surface area contributed by atoms with Gasteiger partial charge in [0.2, 0.25) is 0 Å². The Kier molecular flexibility index (Phi) is 4.75. The molecule has 6 aliphatic carbocycles. The van der Waals surface area contributed by atoms with E-state index in [1.165, 1.54) is 18.6 Å². The van der Waals surface area contributed by atoms with Gasteiger partial charge < -0.3 is 14.2 Å². The first-order valence-corrected chi connectivity index (χ1v) is 14.3. The number of hydrogen-bond donors (Lipinski definition) is 1. The van der Waals surface area contributed by atoms with Crippen molar-refractivity contribution in [3.05, 3.63) is 24.3 Å². The Hall–Kier alpha value is -2.46. The molecule has 5 unspecified atom stereocenters. The second-order valence-electron chi connectivity index (χ2n) is 11.8. The van der Waals surface area contributed by atoms with Crippen LogP contribution in [-0.4, -0.2) is 43.1 Å². The van der Waals surface area contributed by atoms with Crippen LogP contribution < -0.4 is 4.74 Å². The highest BCUT2D eigenvalue weighted by atomic mass is 32.2. The van der Waals surface area contributed by atoms with Crippen LogP contribution in [-0.2, 0) is 34.0 Å². The summed E-state index contributed by atoms with van der Waals surface area (Å²) < 4.78 is 48.8. The molecule has 1 N–H and O–H groups in total. The maximum Gasteiger partial charge on any atom is 0.329 e. The summed E-state index contributed by atoms with van der Waals surface area (Å²) in [6.45, 7) is 0. The van der Waals surface area contributed by atoms with Gasteiger partial charge in [0.15, 0.2) is 5.41 Å². The number of fused-ring (bicyclic) bond motifs is 1. The molecule has 1 aromatic rings. The average molecular weight is 517 g/mol. The predicted molar refractivity (Wildman–Crippen MR) is 121 cm³/mol. The number of benzene rings is 1. The molecule has 7 fully saturated rings. The van der Waals surface area contributed by atoms with Crippen molar-refractivity contribution in [1.29, 1.82) is 0 Å². The van der Waals surface area contributed by atoms with Crippen LogP contribution in [0.4, 0.5) is 0 Å². The van der Waals surface area contributed by atoms with E-state index in [9.17, 15) is 22.8 Å². The second-order valence-corrected chi connectivity index (χ2v) is 13.3. The highest BCUT2D eigenvalue weighted by Crippen LogP contribution is 2.63. The van der Waals surface area contributed by atoms with Gasteiger partial charge in [-0.15, -0.1) is 0 Å². The predicted octanol–water partition coefficient (Wildman–Crippen LogP) is 2.77. The van der Waals surface area contributed by atoms with Crippen LogP contribution in [0.25, 0.3) is 0 Å². The van der Waals surface area contributed by atoms with Gasteiger partial charge in [0.25, 0.3) is 10.1 Å². The molecule has 1 aromatic carbocycles. The Balaban J connectivity index is 1.06. The zero-order valence-electron chi connectivity index (χ0n) is 19.6. The topological polar surface area (TPSA) is 133 Å². The van der Waals surface area contributed by atoms with Gasteiger partial charge in [-0.1, -0.05) is 0 Å². The zero-order valence-corrected chi connectivity index (χ0v) is 20.4. The Bertz CT molecular complexity index is 1230. The first-order valence-electron chi connectivity index (χ1n) is 12.8. The fourth-order valence-corrected chi connectivity index (χ4v) is 9.31. The van der Waals surface area contributed by atoms with Gasteiger partial charge in [-0.05, 0) is 92.9 Å². The van der Waals surface area contributed by atoms with Crippen LogP contribution in [0.15, 0.2) is 29.2 Å². The molecule has 1 saturated heterocycles. The first-order chi connectivity index (χ1) is 17.1. The Labute approximate surface area is 208 Å². The summed E-state index contributed by atoms with van der Waals surface area (Å²) in [5.41, 5.74) is -1.44. The molecule has 1 heterocycles. The number of carbonyl (C=O) groups excluding carboxylic acids is 3. The Morgan fingerprint density at radius 3 is 2.19 bits per heavy atom. The molecule has 0 spiro atoms. The third-order valence-corrected chi connectivity index (χ3v) is 10.9. The monoisotopic (exact) mass is 516 g/mol. The van der Waals surface area contributed by atoms with E-state index >= 15 is 0 Å². The van der Waals surface area contributed by atoms with Crippen molar-refractivity contribution < 1.29 is 41.6 Å². The molecule has 6 bridgehead atoms. The van der Waals surface area contributed by atoms with E-state index in [0.29, 0.717) is 18.3 Å². The number of esters is 3. The van der Waals surface area contributed by atoms with Crippen molar-refractivity contribution in [2.75, 3.05) is 0 Å². The summed E-state index contributed by atoms with van der Waals surface area (Å²) in [5.74, 6) is 0.200. The molecule has 10 heteroatoms. The highest BCUT2D eigenvalue weighted by molar-refractivity contribution is 7.85. The molecule has 9 nitrogen and oxygen atoms in total. The van der Waals surface area contributed by atoms with E-state index in [1.807, 2.05) is 0 Å². The number of ether oxygens (including phenoxy) is 3. The standard InChI is InChI=1S/C26H28O9S/c27-23(20-14-6-12-5-13(8-14)9-15(20)7-12)34-21-16-10-19-22(21)35-25(29)26(19,11-16)24(28)33-17-1-3-18(4-2-17)36(30,31)32/h1-4,12-16,19-22H,5-11H2,(H,30,31,32). The van der Waals surface area contributed by atoms with Crippen LogP contribution in [0.3, 0.4) is 0 Å². The molecule has 8 rings (SSSR count). The maximum atomic E-state index is 13.4. The molecule has 7 aliphatic rings. The largest absolute Gasteiger partial charge is 0.458 e. The fraction of sp³-hybridized carbons (Fsp3) is 0.654. The van der Waals surface area contributed by atoms with Crippen molar-refractivity contribution in [1.82, 2.24) is 0 Å². The second kappa shape index (κ2) is 7.54. The van der Waals surface area contributed by atoms with E-state index in [2.05, 4.69) is 0 Å². The summed E-state index contributed by atoms with van der Waals surface area (Å²) in [7, 11) is -4.38. The summed E-state index contributed by atoms with van der Waals surface area (Å²) >= 11 is 0. The minimum atomic E-state index is -4.38. The van der Waals surface area contributed by atoms with E-state index < -0.39 is 45.6 Å². The number of carbonyl (C=O) groups is 3. The van der Waals surface area contributed by atoms with Crippen molar-refractivity contribution >= 4 is 28.0 Å². The summed E-state index contributed by atoms with van der Waals surface area (Å²) in [6.07, 6.45) is 5.34. The van der Waals surface area contributed by atoms with Crippen molar-refractivity contribution in [3.8, 4) is 5.75 Å². The van der Waals surface area contributed by atoms with Crippen LogP contribution in [0.2, 0.25) is 0 Å². The molecular weight excluding hydrogens is 488 g/mol. The zero-order chi connectivity index (χ0) is 25.0. The SMILES string of the molecule is O=C(OC1C2CC3C1OC(=O)C3(C(=O)Oc1ccc(S(=O)(=O)O)cc1)C2)C1C2CC3CC(C2)CC1C3. The molecule has 0 amide bonds. The van der Waals surface area contributed by atoms with Gasteiger partial charge in [-0.3, -0.25) is 18.9 Å². The molecule has 5 atom stereocenters. The van der Waals surface area contributed by atoms with Crippen LogP contribution in [0.5, 0.6) is 5.75 Å². The van der Waals surface area contributed by atoms with E-state index in [-0.39, 0.29) is 34.9 Å². The normalized spacial score (nSPS) is 43.5. The summed E-state index contributed by atoms with van der Waals surface area (Å²) in [6, 6.07) is 4.73. The van der Waals surface area contributed by atoms with Crippen molar-refractivity contribution in [2.45, 2.75) is 62.0 Å². The minimum Gasteiger partial charge on any atom is -0.458 e. The van der Waals surface area contributed by atoms with E-state index in [1.54, 1.807) is 0 Å². The minimum absolute atomic E-state index is 0.0607. The van der Waals surface area contributed by atoms with Crippen molar-refractivity contribution in [2.24, 2.45) is 46.8 Å². The Morgan fingerprint density at radius 2 is 1.58 bits per heavy atom.